The average molecular weight is 324 g/mol. The minimum absolute atomic E-state index is 0.0158. The Morgan fingerprint density at radius 1 is 1.30 bits per heavy atom. The summed E-state index contributed by atoms with van der Waals surface area (Å²) in [4.78, 5) is 24.9. The van der Waals surface area contributed by atoms with Crippen molar-refractivity contribution >= 4 is 12.1 Å². The summed E-state index contributed by atoms with van der Waals surface area (Å²) >= 11 is 0. The van der Waals surface area contributed by atoms with E-state index in [1.807, 2.05) is 27.7 Å². The Hall–Kier alpha value is -2.12. The van der Waals surface area contributed by atoms with E-state index in [0.29, 0.717) is 38.0 Å². The van der Waals surface area contributed by atoms with Gasteiger partial charge < -0.3 is 14.7 Å². The van der Waals surface area contributed by atoms with Crippen molar-refractivity contribution in [3.63, 3.8) is 0 Å². The van der Waals surface area contributed by atoms with E-state index >= 15 is 0 Å². The van der Waals surface area contributed by atoms with Crippen LogP contribution in [0.5, 0.6) is 0 Å². The highest BCUT2D eigenvalue weighted by Crippen LogP contribution is 2.25. The molecule has 1 aromatic heterocycles. The molecule has 1 aliphatic rings. The van der Waals surface area contributed by atoms with Crippen LogP contribution in [0.3, 0.4) is 0 Å². The third-order valence-electron chi connectivity index (χ3n) is 3.79. The predicted molar refractivity (Wildman–Crippen MR) is 82.4 cm³/mol. The summed E-state index contributed by atoms with van der Waals surface area (Å²) in [6, 6.07) is 0.0595. The summed E-state index contributed by atoms with van der Waals surface area (Å²) in [5.74, 6) is -1.06. The molecule has 1 saturated heterocycles. The second-order valence-electron chi connectivity index (χ2n) is 6.69. The van der Waals surface area contributed by atoms with Crippen molar-refractivity contribution in [2.24, 2.45) is 0 Å². The number of piperidine rings is 1. The minimum Gasteiger partial charge on any atom is -0.476 e. The number of amides is 1. The van der Waals surface area contributed by atoms with Gasteiger partial charge in [0.25, 0.3) is 0 Å². The molecule has 0 bridgehead atoms. The van der Waals surface area contributed by atoms with Crippen LogP contribution in [0.15, 0.2) is 0 Å². The van der Waals surface area contributed by atoms with Crippen LogP contribution >= 0.6 is 0 Å². The maximum absolute atomic E-state index is 12.1. The van der Waals surface area contributed by atoms with Crippen molar-refractivity contribution in [2.45, 2.75) is 58.6 Å². The minimum atomic E-state index is -1.06. The molecule has 0 unspecified atom stereocenters. The molecule has 1 aliphatic heterocycles. The molecule has 1 aromatic rings. The van der Waals surface area contributed by atoms with Gasteiger partial charge in [-0.1, -0.05) is 12.1 Å². The van der Waals surface area contributed by atoms with Crippen molar-refractivity contribution in [2.75, 3.05) is 13.1 Å². The number of rotatable bonds is 3. The second-order valence-corrected chi connectivity index (χ2v) is 6.69. The number of ether oxygens (including phenoxy) is 1. The van der Waals surface area contributed by atoms with Gasteiger partial charge in [-0.3, -0.25) is 0 Å². The first-order chi connectivity index (χ1) is 10.7. The molecule has 1 N–H and O–H groups in total. The van der Waals surface area contributed by atoms with Gasteiger partial charge in [0.2, 0.25) is 0 Å². The number of hydrogen-bond acceptors (Lipinski definition) is 5. The van der Waals surface area contributed by atoms with E-state index in [2.05, 4.69) is 10.3 Å². The summed E-state index contributed by atoms with van der Waals surface area (Å²) in [6.07, 6.45) is 1.65. The highest BCUT2D eigenvalue weighted by molar-refractivity contribution is 5.86. The molecule has 2 heterocycles. The van der Waals surface area contributed by atoms with E-state index in [0.717, 1.165) is 0 Å². The van der Waals surface area contributed by atoms with Crippen LogP contribution in [0, 0.1) is 0 Å². The third-order valence-corrected chi connectivity index (χ3v) is 3.79. The number of nitrogens with zero attached hydrogens (tertiary/aromatic N) is 4. The van der Waals surface area contributed by atoms with Gasteiger partial charge in [-0.25, -0.2) is 14.3 Å². The van der Waals surface area contributed by atoms with Crippen LogP contribution in [0.25, 0.3) is 0 Å². The fraction of sp³-hybridized carbons (Fsp3) is 0.733. The Morgan fingerprint density at radius 2 is 1.91 bits per heavy atom. The first kappa shape index (κ1) is 17.2. The summed E-state index contributed by atoms with van der Waals surface area (Å²) in [5.41, 5.74) is 0.140. The number of carboxylic acids is 1. The standard InChI is InChI=1S/C15H24N4O4/c1-5-11-12(13(20)21)16-17-19(11)10-6-8-18(9-7-10)14(22)23-15(2,3)4/h10H,5-9H2,1-4H3,(H,20,21). The molecule has 8 heteroatoms. The topological polar surface area (TPSA) is 97.5 Å². The molecule has 0 aliphatic carbocycles. The van der Waals surface area contributed by atoms with Crippen LogP contribution in [-0.4, -0.2) is 55.8 Å². The Bertz CT molecular complexity index is 583. The number of aromatic nitrogens is 3. The lowest BCUT2D eigenvalue weighted by atomic mass is 10.0. The van der Waals surface area contributed by atoms with E-state index in [1.54, 1.807) is 9.58 Å². The molecule has 128 valence electrons. The van der Waals surface area contributed by atoms with Crippen LogP contribution in [0.1, 0.15) is 62.8 Å². The van der Waals surface area contributed by atoms with Gasteiger partial charge in [0.15, 0.2) is 5.69 Å². The van der Waals surface area contributed by atoms with Crippen molar-refractivity contribution in [1.82, 2.24) is 19.9 Å². The fourth-order valence-electron chi connectivity index (χ4n) is 2.72. The van der Waals surface area contributed by atoms with Crippen molar-refractivity contribution in [1.29, 1.82) is 0 Å². The summed E-state index contributed by atoms with van der Waals surface area (Å²) in [7, 11) is 0. The predicted octanol–water partition coefficient (Wildman–Crippen LogP) is 2.11. The zero-order chi connectivity index (χ0) is 17.2. The van der Waals surface area contributed by atoms with E-state index in [9.17, 15) is 9.59 Å². The number of carboxylic acid groups (broad SMARTS) is 1. The normalized spacial score (nSPS) is 16.4. The molecule has 0 atom stereocenters. The lowest BCUT2D eigenvalue weighted by Crippen LogP contribution is -2.42. The number of likely N-dealkylation sites (tertiary alicyclic amines) is 1. The zero-order valence-corrected chi connectivity index (χ0v) is 14.1. The number of aromatic carboxylic acids is 1. The van der Waals surface area contributed by atoms with Gasteiger partial charge in [0, 0.05) is 13.1 Å². The lowest BCUT2D eigenvalue weighted by molar-refractivity contribution is 0.0183. The lowest BCUT2D eigenvalue weighted by Gasteiger charge is -2.33. The highest BCUT2D eigenvalue weighted by atomic mass is 16.6. The summed E-state index contributed by atoms with van der Waals surface area (Å²) < 4.78 is 7.08. The zero-order valence-electron chi connectivity index (χ0n) is 14.1. The van der Waals surface area contributed by atoms with E-state index in [-0.39, 0.29) is 17.8 Å². The van der Waals surface area contributed by atoms with Crippen LogP contribution in [0.4, 0.5) is 4.79 Å². The molecule has 1 amide bonds. The first-order valence-corrected chi connectivity index (χ1v) is 7.88. The average Bonchev–Trinajstić information content (AvgIpc) is 2.89. The Labute approximate surface area is 135 Å². The summed E-state index contributed by atoms with van der Waals surface area (Å²) in [6.45, 7) is 8.53. The smallest absolute Gasteiger partial charge is 0.410 e. The molecule has 8 nitrogen and oxygen atoms in total. The fourth-order valence-corrected chi connectivity index (χ4v) is 2.72. The van der Waals surface area contributed by atoms with Gasteiger partial charge in [-0.15, -0.1) is 5.10 Å². The second kappa shape index (κ2) is 6.55. The highest BCUT2D eigenvalue weighted by Gasteiger charge is 2.30. The molecular weight excluding hydrogens is 300 g/mol. The number of carbonyl (C=O) groups excluding carboxylic acids is 1. The molecule has 23 heavy (non-hydrogen) atoms. The van der Waals surface area contributed by atoms with Crippen LogP contribution in [-0.2, 0) is 11.2 Å². The Morgan fingerprint density at radius 3 is 2.39 bits per heavy atom. The monoisotopic (exact) mass is 324 g/mol. The number of hydrogen-bond donors (Lipinski definition) is 1. The van der Waals surface area contributed by atoms with E-state index in [1.165, 1.54) is 0 Å². The third kappa shape index (κ3) is 4.00. The molecule has 0 saturated carbocycles. The van der Waals surface area contributed by atoms with Crippen molar-refractivity contribution in [3.8, 4) is 0 Å². The van der Waals surface area contributed by atoms with Gasteiger partial charge in [-0.2, -0.15) is 0 Å². The van der Waals surface area contributed by atoms with Gasteiger partial charge in [0.1, 0.15) is 5.60 Å². The molecule has 0 aromatic carbocycles. The Balaban J connectivity index is 2.02. The molecule has 0 radical (unpaired) electrons. The summed E-state index contributed by atoms with van der Waals surface area (Å²) in [5, 5.41) is 16.9. The first-order valence-electron chi connectivity index (χ1n) is 7.88. The van der Waals surface area contributed by atoms with Crippen LogP contribution < -0.4 is 0 Å². The molecule has 0 spiro atoms. The van der Waals surface area contributed by atoms with Gasteiger partial charge >= 0.3 is 12.1 Å². The van der Waals surface area contributed by atoms with Crippen molar-refractivity contribution in [3.05, 3.63) is 11.4 Å². The van der Waals surface area contributed by atoms with Crippen LogP contribution in [0.2, 0.25) is 0 Å². The quantitative estimate of drug-likeness (QED) is 0.914. The maximum atomic E-state index is 12.1. The van der Waals surface area contributed by atoms with E-state index in [4.69, 9.17) is 9.84 Å². The largest absolute Gasteiger partial charge is 0.476 e. The molecule has 2 rings (SSSR count). The van der Waals surface area contributed by atoms with Crippen molar-refractivity contribution < 1.29 is 19.4 Å². The molecule has 1 fully saturated rings. The number of carbonyl (C=O) groups is 2. The van der Waals surface area contributed by atoms with Gasteiger partial charge in [0.05, 0.1) is 11.7 Å². The Kier molecular flexibility index (Phi) is 4.91. The van der Waals surface area contributed by atoms with E-state index < -0.39 is 11.6 Å². The van der Waals surface area contributed by atoms with Gasteiger partial charge in [-0.05, 0) is 40.0 Å². The molecular formula is C15H24N4O4. The SMILES string of the molecule is CCc1c(C(=O)O)nnn1C1CCN(C(=O)OC(C)(C)C)CC1. The maximum Gasteiger partial charge on any atom is 0.410 e.